The number of cyclic esters (lactones) is 1. The van der Waals surface area contributed by atoms with Gasteiger partial charge in [0.1, 0.15) is 6.10 Å². The summed E-state index contributed by atoms with van der Waals surface area (Å²) < 4.78 is 5.80. The largest absolute Gasteiger partial charge is 0.458 e. The van der Waals surface area contributed by atoms with E-state index in [1.807, 2.05) is 0 Å². The molecule has 0 aromatic heterocycles. The molecular weight excluding hydrogens is 412 g/mol. The molecule has 1 spiro atoms. The summed E-state index contributed by atoms with van der Waals surface area (Å²) in [6.45, 7) is 13.0. The first-order valence-corrected chi connectivity index (χ1v) is 13.0. The van der Waals surface area contributed by atoms with Crippen molar-refractivity contribution in [2.45, 2.75) is 96.4 Å². The summed E-state index contributed by atoms with van der Waals surface area (Å²) >= 11 is 0. The van der Waals surface area contributed by atoms with Gasteiger partial charge in [-0.25, -0.2) is 4.79 Å². The third-order valence-electron chi connectivity index (χ3n) is 10.1. The van der Waals surface area contributed by atoms with Gasteiger partial charge in [-0.05, 0) is 92.1 Å². The van der Waals surface area contributed by atoms with Crippen molar-refractivity contribution in [1.82, 2.24) is 0 Å². The molecule has 1 saturated heterocycles. The zero-order valence-corrected chi connectivity index (χ0v) is 20.3. The van der Waals surface area contributed by atoms with Gasteiger partial charge in [-0.2, -0.15) is 0 Å². The minimum absolute atomic E-state index is 0.0219. The van der Waals surface area contributed by atoms with Crippen molar-refractivity contribution < 1.29 is 19.7 Å². The highest BCUT2D eigenvalue weighted by Crippen LogP contribution is 2.63. The molecule has 0 aromatic rings. The number of esters is 1. The summed E-state index contributed by atoms with van der Waals surface area (Å²) in [7, 11) is 0. The summed E-state index contributed by atoms with van der Waals surface area (Å²) in [5.41, 5.74) is 4.21. The molecule has 33 heavy (non-hydrogen) atoms. The van der Waals surface area contributed by atoms with Crippen molar-refractivity contribution in [2.75, 3.05) is 0 Å². The molecule has 5 fully saturated rings. The lowest BCUT2D eigenvalue weighted by atomic mass is 9.60. The molecule has 1 aliphatic heterocycles. The van der Waals surface area contributed by atoms with Crippen LogP contribution in [-0.4, -0.2) is 34.5 Å². The Morgan fingerprint density at radius 1 is 1.18 bits per heavy atom. The minimum atomic E-state index is -0.637. The first-order chi connectivity index (χ1) is 15.7. The summed E-state index contributed by atoms with van der Waals surface area (Å²) in [6.07, 6.45) is 13.4. The Morgan fingerprint density at radius 3 is 2.67 bits per heavy atom. The molecule has 2 N–H and O–H groups in total. The molecule has 180 valence electrons. The zero-order valence-electron chi connectivity index (χ0n) is 20.3. The van der Waals surface area contributed by atoms with E-state index in [0.717, 1.165) is 36.8 Å². The Balaban J connectivity index is 1.31. The number of ether oxygens (including phenoxy) is 1. The first kappa shape index (κ1) is 23.1. The fourth-order valence-corrected chi connectivity index (χ4v) is 7.92. The van der Waals surface area contributed by atoms with Crippen LogP contribution in [0.5, 0.6) is 0 Å². The fourth-order valence-electron chi connectivity index (χ4n) is 7.92. The second-order valence-electron chi connectivity index (χ2n) is 11.9. The molecule has 0 unspecified atom stereocenters. The number of hydrogen-bond acceptors (Lipinski definition) is 4. The number of carbonyl (C=O) groups is 1. The summed E-state index contributed by atoms with van der Waals surface area (Å²) in [5, 5.41) is 20.3. The van der Waals surface area contributed by atoms with Crippen LogP contribution in [0.4, 0.5) is 0 Å². The number of carbonyl (C=O) groups excluding carboxylic acids is 1. The van der Waals surface area contributed by atoms with Gasteiger partial charge >= 0.3 is 5.97 Å². The zero-order chi connectivity index (χ0) is 23.5. The van der Waals surface area contributed by atoms with Gasteiger partial charge in [0.2, 0.25) is 0 Å². The van der Waals surface area contributed by atoms with E-state index in [4.69, 9.17) is 4.74 Å². The topological polar surface area (TPSA) is 66.8 Å². The molecule has 4 aliphatic carbocycles. The number of fused-ring (bicyclic) bond motifs is 1. The van der Waals surface area contributed by atoms with Crippen LogP contribution >= 0.6 is 0 Å². The van der Waals surface area contributed by atoms with Crippen LogP contribution in [0.25, 0.3) is 0 Å². The predicted octanol–water partition coefficient (Wildman–Crippen LogP) is 5.42. The van der Waals surface area contributed by atoms with Crippen molar-refractivity contribution in [3.63, 3.8) is 0 Å². The predicted molar refractivity (Wildman–Crippen MR) is 129 cm³/mol. The lowest BCUT2D eigenvalue weighted by molar-refractivity contribution is -0.140. The molecule has 0 bridgehead atoms. The van der Waals surface area contributed by atoms with Gasteiger partial charge in [0.15, 0.2) is 0 Å². The van der Waals surface area contributed by atoms with Crippen molar-refractivity contribution in [1.29, 1.82) is 0 Å². The molecule has 4 nitrogen and oxygen atoms in total. The molecule has 0 radical (unpaired) electrons. The van der Waals surface area contributed by atoms with E-state index < -0.39 is 12.2 Å². The normalized spacial score (nSPS) is 43.3. The highest BCUT2D eigenvalue weighted by Gasteiger charge is 2.61. The van der Waals surface area contributed by atoms with E-state index in [1.165, 1.54) is 31.3 Å². The van der Waals surface area contributed by atoms with E-state index >= 15 is 0 Å². The van der Waals surface area contributed by atoms with Gasteiger partial charge in [-0.3, -0.25) is 0 Å². The van der Waals surface area contributed by atoms with Crippen LogP contribution in [0.2, 0.25) is 0 Å². The molecular formula is C29H40O4. The lowest BCUT2D eigenvalue weighted by Crippen LogP contribution is -2.37. The van der Waals surface area contributed by atoms with Gasteiger partial charge in [-0.1, -0.05) is 44.7 Å². The molecule has 4 saturated carbocycles. The van der Waals surface area contributed by atoms with Crippen molar-refractivity contribution in [3.8, 4) is 0 Å². The Hall–Kier alpha value is -1.65. The number of rotatable bonds is 4. The number of allylic oxidation sites excluding steroid dienone is 3. The van der Waals surface area contributed by atoms with Gasteiger partial charge in [0.05, 0.1) is 12.2 Å². The summed E-state index contributed by atoms with van der Waals surface area (Å²) in [4.78, 5) is 12.2. The molecule has 1 heterocycles. The quantitative estimate of drug-likeness (QED) is 0.442. The van der Waals surface area contributed by atoms with Gasteiger partial charge < -0.3 is 14.9 Å². The van der Waals surface area contributed by atoms with Crippen molar-refractivity contribution >= 4 is 5.97 Å². The molecule has 7 atom stereocenters. The summed E-state index contributed by atoms with van der Waals surface area (Å²) in [5.74, 6) is 1.56. The highest BCUT2D eigenvalue weighted by atomic mass is 16.6. The van der Waals surface area contributed by atoms with Crippen LogP contribution in [-0.2, 0) is 9.53 Å². The maximum atomic E-state index is 12.2. The highest BCUT2D eigenvalue weighted by molar-refractivity contribution is 5.93. The second-order valence-corrected chi connectivity index (χ2v) is 11.9. The van der Waals surface area contributed by atoms with E-state index in [-0.39, 0.29) is 22.9 Å². The maximum absolute atomic E-state index is 12.2. The Labute approximate surface area is 198 Å². The Morgan fingerprint density at radius 2 is 1.94 bits per heavy atom. The number of hydrogen-bond donors (Lipinski definition) is 2. The third-order valence-corrected chi connectivity index (χ3v) is 10.1. The van der Waals surface area contributed by atoms with Crippen LogP contribution < -0.4 is 0 Å². The maximum Gasteiger partial charge on any atom is 0.334 e. The smallest absolute Gasteiger partial charge is 0.334 e. The first-order valence-electron chi connectivity index (χ1n) is 13.0. The van der Waals surface area contributed by atoms with Crippen LogP contribution in [0.3, 0.4) is 0 Å². The number of aliphatic hydroxyl groups is 2. The van der Waals surface area contributed by atoms with Crippen LogP contribution in [0, 0.1) is 28.6 Å². The monoisotopic (exact) mass is 452 g/mol. The van der Waals surface area contributed by atoms with Crippen molar-refractivity contribution in [3.05, 3.63) is 47.6 Å². The SMILES string of the molecule is C=C1/C(=C\C=C2/CCC[C@]3(C)[C@@H]([C@H](C)C[C@H]4OC(=O)C(=C)C45CC5)CC[C@@H]23)C[C@@H](O)C[C@@H]1O. The van der Waals surface area contributed by atoms with Crippen LogP contribution in [0.1, 0.15) is 78.1 Å². The average Bonchev–Trinajstić information content (AvgIpc) is 3.44. The van der Waals surface area contributed by atoms with Gasteiger partial charge in [0, 0.05) is 17.4 Å². The molecule has 5 aliphatic rings. The van der Waals surface area contributed by atoms with Gasteiger partial charge in [0.25, 0.3) is 0 Å². The van der Waals surface area contributed by atoms with E-state index in [1.54, 1.807) is 0 Å². The lowest BCUT2D eigenvalue weighted by Gasteiger charge is -2.45. The molecule has 0 aromatic carbocycles. The third kappa shape index (κ3) is 3.78. The standard InChI is InChI=1S/C29H40O4/c1-17(14-26-29(12-13-29)19(3)27(32)33-26)23-9-10-24-20(6-5-11-28(23,24)4)7-8-21-15-22(30)16-25(31)18(21)2/h7-8,17,22-26,30-31H,2-3,5-6,9-16H2,1,4H3/b20-7+,21-8-/t17-,22-,23-,24+,25+,26-,28-/m1/s1. The molecule has 5 rings (SSSR count). The van der Waals surface area contributed by atoms with E-state index in [9.17, 15) is 15.0 Å². The molecule has 0 amide bonds. The van der Waals surface area contributed by atoms with Crippen LogP contribution in [0.15, 0.2) is 47.6 Å². The fraction of sp³-hybridized carbons (Fsp3) is 0.690. The second kappa shape index (κ2) is 8.23. The molecule has 4 heteroatoms. The van der Waals surface area contributed by atoms with E-state index in [2.05, 4.69) is 39.2 Å². The average molecular weight is 453 g/mol. The van der Waals surface area contributed by atoms with Crippen molar-refractivity contribution in [2.24, 2.45) is 28.6 Å². The Kier molecular flexibility index (Phi) is 5.77. The minimum Gasteiger partial charge on any atom is -0.458 e. The van der Waals surface area contributed by atoms with E-state index in [0.29, 0.717) is 36.2 Å². The Bertz CT molecular complexity index is 922. The number of aliphatic hydroxyl groups excluding tert-OH is 2. The summed E-state index contributed by atoms with van der Waals surface area (Å²) in [6, 6.07) is 0. The van der Waals surface area contributed by atoms with Gasteiger partial charge in [-0.15, -0.1) is 0 Å².